The van der Waals surface area contributed by atoms with Gasteiger partial charge in [0.1, 0.15) is 0 Å². The van der Waals surface area contributed by atoms with Gasteiger partial charge in [-0.1, -0.05) is 20.8 Å². The number of carbonyl (C=O) groups excluding carboxylic acids is 1. The van der Waals surface area contributed by atoms with Gasteiger partial charge in [-0.25, -0.2) is 4.79 Å². The summed E-state index contributed by atoms with van der Waals surface area (Å²) < 4.78 is 5.69. The summed E-state index contributed by atoms with van der Waals surface area (Å²) in [7, 11) is 1.47. The van der Waals surface area contributed by atoms with Crippen LogP contribution < -0.4 is 0 Å². The maximum absolute atomic E-state index is 11.4. The number of hydrogen-bond donors (Lipinski definition) is 0. The molecule has 0 spiro atoms. The van der Waals surface area contributed by atoms with Crippen LogP contribution in [0.2, 0.25) is 0 Å². The number of rotatable bonds is 8. The molecule has 15 heavy (non-hydrogen) atoms. The lowest BCUT2D eigenvalue weighted by atomic mass is 10.2. The maximum atomic E-state index is 11.4. The zero-order valence-corrected chi connectivity index (χ0v) is 10.7. The van der Waals surface area contributed by atoms with Crippen LogP contribution >= 0.6 is 0 Å². The summed E-state index contributed by atoms with van der Waals surface area (Å²) in [5, 5.41) is 0. The van der Waals surface area contributed by atoms with Gasteiger partial charge >= 0.3 is 5.97 Å². The molecule has 90 valence electrons. The second-order valence-electron chi connectivity index (χ2n) is 4.25. The maximum Gasteiger partial charge on any atom is 0.361 e. The average Bonchev–Trinajstić information content (AvgIpc) is 2.18. The monoisotopic (exact) mass is 216 g/mol. The second-order valence-corrected chi connectivity index (χ2v) is 4.25. The van der Waals surface area contributed by atoms with Crippen LogP contribution in [0, 0.1) is 0 Å². The summed E-state index contributed by atoms with van der Waals surface area (Å²) in [4.78, 5) is 11.4. The summed E-state index contributed by atoms with van der Waals surface area (Å²) in [5.74, 6) is -0.0784. The predicted octanol–water partition coefficient (Wildman–Crippen LogP) is 2.21. The van der Waals surface area contributed by atoms with E-state index < -0.39 is 0 Å². The first-order valence-corrected chi connectivity index (χ1v) is 6.06. The minimum Gasteiger partial charge on any atom is -0.465 e. The fourth-order valence-corrected chi connectivity index (χ4v) is 2.33. The van der Waals surface area contributed by atoms with E-state index in [0.717, 1.165) is 43.4 Å². The van der Waals surface area contributed by atoms with Crippen molar-refractivity contribution in [1.29, 1.82) is 0 Å². The van der Waals surface area contributed by atoms with Crippen molar-refractivity contribution in [1.82, 2.24) is 0 Å². The van der Waals surface area contributed by atoms with Crippen LogP contribution in [0.15, 0.2) is 0 Å². The Hall–Kier alpha value is -0.570. The topological polar surface area (TPSA) is 26.3 Å². The molecule has 0 saturated heterocycles. The highest BCUT2D eigenvalue weighted by molar-refractivity contribution is 5.70. The van der Waals surface area contributed by atoms with E-state index in [1.54, 1.807) is 0 Å². The first kappa shape index (κ1) is 14.4. The normalized spacial score (nSPS) is 11.5. The van der Waals surface area contributed by atoms with Gasteiger partial charge in [-0.2, -0.15) is 0 Å². The Labute approximate surface area is 94.0 Å². The fourth-order valence-electron chi connectivity index (χ4n) is 2.33. The molecule has 0 N–H and O–H groups in total. The van der Waals surface area contributed by atoms with Crippen molar-refractivity contribution >= 4 is 5.97 Å². The first-order valence-electron chi connectivity index (χ1n) is 6.06. The Morgan fingerprint density at radius 1 is 1.00 bits per heavy atom. The van der Waals surface area contributed by atoms with Crippen molar-refractivity contribution in [3.8, 4) is 0 Å². The Morgan fingerprint density at radius 2 is 1.40 bits per heavy atom. The van der Waals surface area contributed by atoms with Gasteiger partial charge in [0.15, 0.2) is 6.54 Å². The van der Waals surface area contributed by atoms with E-state index in [4.69, 9.17) is 4.74 Å². The van der Waals surface area contributed by atoms with Crippen LogP contribution in [0.25, 0.3) is 0 Å². The third-order valence-electron chi connectivity index (χ3n) is 2.79. The van der Waals surface area contributed by atoms with E-state index in [1.165, 1.54) is 7.11 Å². The molecule has 0 aliphatic rings. The summed E-state index contributed by atoms with van der Waals surface area (Å²) in [6.07, 6.45) is 3.37. The van der Waals surface area contributed by atoms with Crippen LogP contribution in [0.3, 0.4) is 0 Å². The molecule has 3 nitrogen and oxygen atoms in total. The number of hydrogen-bond acceptors (Lipinski definition) is 2. The van der Waals surface area contributed by atoms with Gasteiger partial charge in [-0.15, -0.1) is 0 Å². The molecule has 0 aromatic heterocycles. The molecule has 0 aromatic rings. The molecule has 0 rings (SSSR count). The average molecular weight is 216 g/mol. The second kappa shape index (κ2) is 7.69. The molecular weight excluding hydrogens is 190 g/mol. The van der Waals surface area contributed by atoms with E-state index >= 15 is 0 Å². The van der Waals surface area contributed by atoms with Crippen molar-refractivity contribution in [3.63, 3.8) is 0 Å². The molecule has 0 aliphatic heterocycles. The quantitative estimate of drug-likeness (QED) is 0.459. The zero-order chi connectivity index (χ0) is 11.7. The summed E-state index contributed by atoms with van der Waals surface area (Å²) in [6.45, 7) is 10.3. The lowest BCUT2D eigenvalue weighted by Crippen LogP contribution is -2.52. The standard InChI is InChI=1S/C12H26NO2/c1-5-8-13(9-6-2,10-7-3)11-12(14)15-4/h5-11H2,1-4H3/q+1. The molecule has 0 atom stereocenters. The van der Waals surface area contributed by atoms with E-state index in [1.807, 2.05) is 0 Å². The van der Waals surface area contributed by atoms with Crippen molar-refractivity contribution < 1.29 is 14.0 Å². The number of ether oxygens (including phenoxy) is 1. The van der Waals surface area contributed by atoms with Gasteiger partial charge < -0.3 is 9.22 Å². The van der Waals surface area contributed by atoms with Crippen LogP contribution in [0.5, 0.6) is 0 Å². The van der Waals surface area contributed by atoms with Gasteiger partial charge in [0, 0.05) is 0 Å². The summed E-state index contributed by atoms with van der Waals surface area (Å²) in [6, 6.07) is 0. The van der Waals surface area contributed by atoms with Gasteiger partial charge in [0.25, 0.3) is 0 Å². The largest absolute Gasteiger partial charge is 0.465 e. The molecule has 0 heterocycles. The van der Waals surface area contributed by atoms with E-state index in [-0.39, 0.29) is 5.97 Å². The Kier molecular flexibility index (Phi) is 7.39. The third kappa shape index (κ3) is 5.17. The lowest BCUT2D eigenvalue weighted by molar-refractivity contribution is -0.921. The Balaban J connectivity index is 4.51. The number of nitrogens with zero attached hydrogens (tertiary/aromatic N) is 1. The van der Waals surface area contributed by atoms with Crippen LogP contribution in [0.4, 0.5) is 0 Å². The third-order valence-corrected chi connectivity index (χ3v) is 2.79. The molecular formula is C12H26NO2+. The molecule has 0 aliphatic carbocycles. The number of methoxy groups -OCH3 is 1. The van der Waals surface area contributed by atoms with Crippen LogP contribution in [-0.4, -0.2) is 43.7 Å². The number of esters is 1. The highest BCUT2D eigenvalue weighted by atomic mass is 16.5. The van der Waals surface area contributed by atoms with E-state index in [0.29, 0.717) is 6.54 Å². The lowest BCUT2D eigenvalue weighted by Gasteiger charge is -2.37. The smallest absolute Gasteiger partial charge is 0.361 e. The van der Waals surface area contributed by atoms with Crippen LogP contribution in [-0.2, 0) is 9.53 Å². The Bertz CT molecular complexity index is 163. The molecule has 0 radical (unpaired) electrons. The SMILES string of the molecule is CCC[N+](CCC)(CCC)CC(=O)OC. The molecule has 3 heteroatoms. The highest BCUT2D eigenvalue weighted by Gasteiger charge is 2.28. The van der Waals surface area contributed by atoms with Crippen molar-refractivity contribution in [2.45, 2.75) is 40.0 Å². The van der Waals surface area contributed by atoms with E-state index in [2.05, 4.69) is 20.8 Å². The predicted molar refractivity (Wildman–Crippen MR) is 62.6 cm³/mol. The van der Waals surface area contributed by atoms with Crippen molar-refractivity contribution in [3.05, 3.63) is 0 Å². The minimum absolute atomic E-state index is 0.0784. The minimum atomic E-state index is -0.0784. The molecule has 0 bridgehead atoms. The fraction of sp³-hybridized carbons (Fsp3) is 0.917. The van der Waals surface area contributed by atoms with Gasteiger partial charge in [-0.3, -0.25) is 0 Å². The van der Waals surface area contributed by atoms with Crippen molar-refractivity contribution in [2.24, 2.45) is 0 Å². The first-order chi connectivity index (χ1) is 7.14. The van der Waals surface area contributed by atoms with Gasteiger partial charge in [0.2, 0.25) is 0 Å². The highest BCUT2D eigenvalue weighted by Crippen LogP contribution is 2.11. The summed E-state index contributed by atoms with van der Waals surface area (Å²) >= 11 is 0. The van der Waals surface area contributed by atoms with E-state index in [9.17, 15) is 4.79 Å². The summed E-state index contributed by atoms with van der Waals surface area (Å²) in [5.41, 5.74) is 0. The number of quaternary nitrogens is 1. The Morgan fingerprint density at radius 3 is 1.67 bits per heavy atom. The van der Waals surface area contributed by atoms with Gasteiger partial charge in [-0.05, 0) is 19.3 Å². The molecule has 0 saturated carbocycles. The van der Waals surface area contributed by atoms with Crippen LogP contribution in [0.1, 0.15) is 40.0 Å². The van der Waals surface area contributed by atoms with Gasteiger partial charge in [0.05, 0.1) is 26.7 Å². The molecule has 0 unspecified atom stereocenters. The molecule has 0 fully saturated rings. The molecule has 0 amide bonds. The van der Waals surface area contributed by atoms with Crippen molar-refractivity contribution in [2.75, 3.05) is 33.3 Å². The number of carbonyl (C=O) groups is 1. The molecule has 0 aromatic carbocycles. The zero-order valence-electron chi connectivity index (χ0n) is 10.7.